The monoisotopic (exact) mass is 367 g/mol. The fraction of sp³-hybridized carbons (Fsp3) is 0.550. The number of nitrogens with zero attached hydrogens (tertiary/aromatic N) is 5. The van der Waals surface area contributed by atoms with Gasteiger partial charge in [-0.25, -0.2) is 14.3 Å². The summed E-state index contributed by atoms with van der Waals surface area (Å²) in [7, 11) is 0. The Balaban J connectivity index is 2.05. The molecule has 142 valence electrons. The zero-order chi connectivity index (χ0) is 20.0. The number of carbonyl (C=O) groups excluding carboxylic acids is 1. The predicted octanol–water partition coefficient (Wildman–Crippen LogP) is 3.46. The van der Waals surface area contributed by atoms with Gasteiger partial charge in [0.15, 0.2) is 11.5 Å². The number of hydrogen-bond donors (Lipinski definition) is 0. The van der Waals surface area contributed by atoms with Crippen LogP contribution >= 0.6 is 0 Å². The van der Waals surface area contributed by atoms with E-state index in [1.807, 2.05) is 19.9 Å². The van der Waals surface area contributed by atoms with E-state index >= 15 is 0 Å². The summed E-state index contributed by atoms with van der Waals surface area (Å²) in [5.41, 5.74) is 0.0481. The van der Waals surface area contributed by atoms with Gasteiger partial charge in [-0.05, 0) is 20.3 Å². The molecule has 2 aromatic heterocycles. The largest absolute Gasteiger partial charge is 0.465 e. The van der Waals surface area contributed by atoms with Gasteiger partial charge in [0.05, 0.1) is 29.0 Å². The van der Waals surface area contributed by atoms with Crippen LogP contribution in [0.3, 0.4) is 0 Å². The quantitative estimate of drug-likeness (QED) is 0.385. The van der Waals surface area contributed by atoms with Gasteiger partial charge in [0, 0.05) is 6.42 Å². The van der Waals surface area contributed by atoms with E-state index in [9.17, 15) is 10.1 Å². The predicted molar refractivity (Wildman–Crippen MR) is 102 cm³/mol. The molecule has 0 aliphatic rings. The number of unbranched alkanes of at least 4 members (excludes halogenated alkanes) is 4. The van der Waals surface area contributed by atoms with Gasteiger partial charge in [0.1, 0.15) is 6.61 Å². The van der Waals surface area contributed by atoms with Crippen molar-refractivity contribution in [3.8, 4) is 6.07 Å². The van der Waals surface area contributed by atoms with E-state index in [1.165, 1.54) is 17.4 Å². The van der Waals surface area contributed by atoms with Crippen LogP contribution in [0.4, 0.5) is 5.69 Å². The van der Waals surface area contributed by atoms with Gasteiger partial charge < -0.3 is 4.74 Å². The maximum absolute atomic E-state index is 12.0. The van der Waals surface area contributed by atoms with Gasteiger partial charge in [-0.2, -0.15) is 10.4 Å². The molecule has 0 saturated heterocycles. The molecular weight excluding hydrogens is 342 g/mol. The highest BCUT2D eigenvalue weighted by atomic mass is 16.5. The third-order valence-electron chi connectivity index (χ3n) is 4.51. The van der Waals surface area contributed by atoms with Crippen LogP contribution in [0.2, 0.25) is 0 Å². The molecule has 0 saturated carbocycles. The molecule has 2 rings (SSSR count). The number of carbonyl (C=O) groups is 1. The summed E-state index contributed by atoms with van der Waals surface area (Å²) in [6.45, 7) is 17.2. The molecule has 0 N–H and O–H groups in total. The zero-order valence-electron chi connectivity index (χ0n) is 16.2. The second-order valence-corrected chi connectivity index (χ2v) is 7.27. The normalized spacial score (nSPS) is 11.3. The molecule has 0 spiro atoms. The summed E-state index contributed by atoms with van der Waals surface area (Å²) in [6.07, 6.45) is 5.80. The minimum atomic E-state index is -0.616. The van der Waals surface area contributed by atoms with Gasteiger partial charge >= 0.3 is 5.97 Å². The van der Waals surface area contributed by atoms with Crippen LogP contribution in [0, 0.1) is 17.9 Å². The topological polar surface area (TPSA) is 84.6 Å². The van der Waals surface area contributed by atoms with Gasteiger partial charge in [0.25, 0.3) is 0 Å². The average molecular weight is 367 g/mol. The third kappa shape index (κ3) is 4.43. The fourth-order valence-electron chi connectivity index (χ4n) is 2.79. The molecule has 0 bridgehead atoms. The van der Waals surface area contributed by atoms with E-state index in [0.29, 0.717) is 23.2 Å². The standard InChI is InChI=1S/C20H25N5O2/c1-6-7-8-9-10-11-16(26)27-13-20(3,4)19-23-18-17(22-5)15(12-21)14(2)25(18)24-19/h2,6-11,13H2,1,3-4H3. The third-order valence-corrected chi connectivity index (χ3v) is 4.51. The van der Waals surface area contributed by atoms with Gasteiger partial charge in [-0.1, -0.05) is 39.2 Å². The second-order valence-electron chi connectivity index (χ2n) is 7.27. The van der Waals surface area contributed by atoms with Crippen molar-refractivity contribution in [2.24, 2.45) is 0 Å². The Bertz CT molecular complexity index is 946. The summed E-state index contributed by atoms with van der Waals surface area (Å²) in [4.78, 5) is 19.8. The lowest BCUT2D eigenvalue weighted by atomic mass is 9.94. The zero-order valence-corrected chi connectivity index (χ0v) is 16.2. The minimum Gasteiger partial charge on any atom is -0.465 e. The number of aromatic nitrogens is 3. The van der Waals surface area contributed by atoms with Crippen molar-refractivity contribution in [3.63, 3.8) is 0 Å². The Morgan fingerprint density at radius 3 is 2.70 bits per heavy atom. The number of esters is 1. The molecule has 0 aromatic carbocycles. The highest BCUT2D eigenvalue weighted by molar-refractivity contribution is 5.77. The lowest BCUT2D eigenvalue weighted by Gasteiger charge is -2.20. The molecule has 0 aliphatic heterocycles. The first kappa shape index (κ1) is 20.4. The summed E-state index contributed by atoms with van der Waals surface area (Å²) >= 11 is 0. The van der Waals surface area contributed by atoms with Crippen molar-refractivity contribution in [3.05, 3.63) is 28.2 Å². The van der Waals surface area contributed by atoms with Gasteiger partial charge in [-0.15, -0.1) is 0 Å². The molecule has 2 heterocycles. The van der Waals surface area contributed by atoms with Crippen molar-refractivity contribution in [1.29, 1.82) is 5.26 Å². The van der Waals surface area contributed by atoms with Crippen LogP contribution in [0.5, 0.6) is 0 Å². The van der Waals surface area contributed by atoms with Crippen LogP contribution in [-0.4, -0.2) is 27.2 Å². The van der Waals surface area contributed by atoms with E-state index in [4.69, 9.17) is 11.3 Å². The molecule has 2 aromatic rings. The van der Waals surface area contributed by atoms with Crippen molar-refractivity contribution in [2.75, 3.05) is 6.61 Å². The summed E-state index contributed by atoms with van der Waals surface area (Å²) in [5, 5.41) is 13.9. The smallest absolute Gasteiger partial charge is 0.305 e. The van der Waals surface area contributed by atoms with Gasteiger partial charge in [0.2, 0.25) is 5.69 Å². The minimum absolute atomic E-state index is 0.152. The van der Waals surface area contributed by atoms with E-state index in [-0.39, 0.29) is 23.8 Å². The number of nitriles is 1. The maximum Gasteiger partial charge on any atom is 0.305 e. The molecule has 0 unspecified atom stereocenters. The van der Waals surface area contributed by atoms with Crippen molar-refractivity contribution in [2.45, 2.75) is 64.7 Å². The first-order valence-corrected chi connectivity index (χ1v) is 9.20. The average Bonchev–Trinajstić information content (AvgIpc) is 3.18. The number of fused-ring (bicyclic) bond motifs is 1. The molecule has 7 heteroatoms. The lowest BCUT2D eigenvalue weighted by molar-refractivity contribution is -0.145. The Morgan fingerprint density at radius 2 is 2.07 bits per heavy atom. The SMILES string of the molecule is [C-]#[N+]c1c(C#N)c(=C)n2nc(C(C)(C)COC(=O)CCCCCCC)nc12. The molecule has 27 heavy (non-hydrogen) atoms. The van der Waals surface area contributed by atoms with E-state index in [2.05, 4.69) is 28.4 Å². The molecule has 0 radical (unpaired) electrons. The highest BCUT2D eigenvalue weighted by Crippen LogP contribution is 2.26. The van der Waals surface area contributed by atoms with Crippen LogP contribution < -0.4 is 5.35 Å². The molecule has 0 fully saturated rings. The molecule has 0 aliphatic carbocycles. The highest BCUT2D eigenvalue weighted by Gasteiger charge is 2.30. The van der Waals surface area contributed by atoms with Crippen molar-refractivity contribution in [1.82, 2.24) is 14.6 Å². The van der Waals surface area contributed by atoms with E-state index < -0.39 is 5.41 Å². The van der Waals surface area contributed by atoms with Crippen LogP contribution in [0.25, 0.3) is 17.1 Å². The fourth-order valence-corrected chi connectivity index (χ4v) is 2.79. The number of ether oxygens (including phenoxy) is 1. The van der Waals surface area contributed by atoms with Crippen molar-refractivity contribution < 1.29 is 9.53 Å². The van der Waals surface area contributed by atoms with Crippen LogP contribution in [0.15, 0.2) is 0 Å². The van der Waals surface area contributed by atoms with Crippen LogP contribution in [-0.2, 0) is 14.9 Å². The molecule has 7 nitrogen and oxygen atoms in total. The Hall–Kier alpha value is -2.93. The Kier molecular flexibility index (Phi) is 6.52. The first-order valence-electron chi connectivity index (χ1n) is 9.20. The lowest BCUT2D eigenvalue weighted by Crippen LogP contribution is -2.28. The Morgan fingerprint density at radius 1 is 1.37 bits per heavy atom. The summed E-state index contributed by atoms with van der Waals surface area (Å²) in [5.74, 6) is 0.233. The van der Waals surface area contributed by atoms with Crippen molar-refractivity contribution >= 4 is 23.9 Å². The van der Waals surface area contributed by atoms with E-state index in [1.54, 1.807) is 0 Å². The first-order chi connectivity index (χ1) is 12.9. The number of hydrogen-bond acceptors (Lipinski definition) is 5. The van der Waals surface area contributed by atoms with Gasteiger partial charge in [-0.3, -0.25) is 4.79 Å². The summed E-state index contributed by atoms with van der Waals surface area (Å²) < 4.78 is 6.83. The number of rotatable bonds is 9. The Labute approximate surface area is 159 Å². The maximum atomic E-state index is 12.0. The summed E-state index contributed by atoms with van der Waals surface area (Å²) in [6, 6.07) is 1.97. The molecule has 0 atom stereocenters. The molecular formula is C20H25N5O2. The van der Waals surface area contributed by atoms with E-state index in [0.717, 1.165) is 19.3 Å². The molecule has 0 amide bonds. The van der Waals surface area contributed by atoms with Crippen LogP contribution in [0.1, 0.15) is 70.7 Å². The second kappa shape index (κ2) is 8.64.